The minimum atomic E-state index is -0.960. The summed E-state index contributed by atoms with van der Waals surface area (Å²) >= 11 is 0. The summed E-state index contributed by atoms with van der Waals surface area (Å²) in [5, 5.41) is 8.59. The Morgan fingerprint density at radius 3 is 2.50 bits per heavy atom. The fraction of sp³-hybridized carbons (Fsp3) is 0.429. The van der Waals surface area contributed by atoms with Crippen LogP contribution in [0.5, 0.6) is 0 Å². The predicted molar refractivity (Wildman–Crippen MR) is 69.4 cm³/mol. The van der Waals surface area contributed by atoms with E-state index in [0.717, 1.165) is 18.2 Å². The minimum absolute atomic E-state index is 0.0812. The van der Waals surface area contributed by atoms with E-state index in [2.05, 4.69) is 0 Å². The Labute approximate surface area is 116 Å². The van der Waals surface area contributed by atoms with Gasteiger partial charge < -0.3 is 10.0 Å². The van der Waals surface area contributed by atoms with Crippen LogP contribution in [0.25, 0.3) is 0 Å². The molecule has 0 bridgehead atoms. The molecule has 1 aromatic carbocycles. The Balaban J connectivity index is 2.88. The van der Waals surface area contributed by atoms with E-state index in [-0.39, 0.29) is 31.0 Å². The second-order valence-electron chi connectivity index (χ2n) is 4.71. The SMILES string of the molecule is CC(C)N(CCCC(=O)O)C(=O)c1cc(F)ccc1F. The molecule has 1 N–H and O–H groups in total. The van der Waals surface area contributed by atoms with Gasteiger partial charge in [-0.15, -0.1) is 0 Å². The number of hydrogen-bond donors (Lipinski definition) is 1. The summed E-state index contributed by atoms with van der Waals surface area (Å²) in [7, 11) is 0. The van der Waals surface area contributed by atoms with Gasteiger partial charge in [0.1, 0.15) is 11.6 Å². The van der Waals surface area contributed by atoms with Crippen LogP contribution in [-0.2, 0) is 4.79 Å². The number of rotatable bonds is 6. The molecule has 0 saturated heterocycles. The van der Waals surface area contributed by atoms with E-state index in [1.165, 1.54) is 4.90 Å². The molecule has 110 valence electrons. The molecular weight excluding hydrogens is 268 g/mol. The highest BCUT2D eigenvalue weighted by atomic mass is 19.1. The quantitative estimate of drug-likeness (QED) is 0.874. The van der Waals surface area contributed by atoms with Gasteiger partial charge in [0.2, 0.25) is 0 Å². The van der Waals surface area contributed by atoms with E-state index in [1.54, 1.807) is 13.8 Å². The molecular formula is C14H17F2NO3. The molecule has 1 rings (SSSR count). The largest absolute Gasteiger partial charge is 0.481 e. The summed E-state index contributed by atoms with van der Waals surface area (Å²) in [6.07, 6.45) is 0.179. The van der Waals surface area contributed by atoms with Crippen LogP contribution in [0.4, 0.5) is 8.78 Å². The number of carbonyl (C=O) groups excluding carboxylic acids is 1. The highest BCUT2D eigenvalue weighted by Crippen LogP contribution is 2.15. The van der Waals surface area contributed by atoms with Gasteiger partial charge in [0.05, 0.1) is 5.56 Å². The third-order valence-electron chi connectivity index (χ3n) is 2.83. The summed E-state index contributed by atoms with van der Waals surface area (Å²) in [5.41, 5.74) is -0.339. The zero-order valence-corrected chi connectivity index (χ0v) is 11.4. The summed E-state index contributed by atoms with van der Waals surface area (Å²) in [6.45, 7) is 3.64. The highest BCUT2D eigenvalue weighted by Gasteiger charge is 2.22. The topological polar surface area (TPSA) is 57.6 Å². The number of amides is 1. The third kappa shape index (κ3) is 4.29. The lowest BCUT2D eigenvalue weighted by Gasteiger charge is -2.26. The number of carboxylic acid groups (broad SMARTS) is 1. The molecule has 0 saturated carbocycles. The van der Waals surface area contributed by atoms with E-state index in [0.29, 0.717) is 0 Å². The maximum absolute atomic E-state index is 13.6. The first-order chi connectivity index (χ1) is 9.32. The van der Waals surface area contributed by atoms with Crippen molar-refractivity contribution in [2.24, 2.45) is 0 Å². The zero-order chi connectivity index (χ0) is 15.3. The lowest BCUT2D eigenvalue weighted by molar-refractivity contribution is -0.137. The number of nitrogens with zero attached hydrogens (tertiary/aromatic N) is 1. The molecule has 4 nitrogen and oxygen atoms in total. The number of carboxylic acids is 1. The molecule has 6 heteroatoms. The van der Waals surface area contributed by atoms with Crippen molar-refractivity contribution in [1.82, 2.24) is 4.90 Å². The fourth-order valence-electron chi connectivity index (χ4n) is 1.81. The highest BCUT2D eigenvalue weighted by molar-refractivity contribution is 5.94. The smallest absolute Gasteiger partial charge is 0.303 e. The number of aliphatic carboxylic acids is 1. The molecule has 20 heavy (non-hydrogen) atoms. The summed E-state index contributed by atoms with van der Waals surface area (Å²) in [6, 6.07) is 2.46. The van der Waals surface area contributed by atoms with Crippen molar-refractivity contribution in [1.29, 1.82) is 0 Å². The number of hydrogen-bond acceptors (Lipinski definition) is 2. The first kappa shape index (κ1) is 16.1. The second kappa shape index (κ2) is 6.98. The van der Waals surface area contributed by atoms with Crippen LogP contribution in [0.1, 0.15) is 37.0 Å². The number of benzene rings is 1. The van der Waals surface area contributed by atoms with Gasteiger partial charge in [-0.25, -0.2) is 8.78 Å². The molecule has 0 aliphatic rings. The molecule has 0 radical (unpaired) electrons. The van der Waals surface area contributed by atoms with Crippen molar-refractivity contribution < 1.29 is 23.5 Å². The van der Waals surface area contributed by atoms with Crippen molar-refractivity contribution in [3.63, 3.8) is 0 Å². The van der Waals surface area contributed by atoms with Crippen LogP contribution in [0, 0.1) is 11.6 Å². The monoisotopic (exact) mass is 285 g/mol. The molecule has 0 atom stereocenters. The van der Waals surface area contributed by atoms with Crippen LogP contribution in [-0.4, -0.2) is 34.5 Å². The molecule has 1 amide bonds. The van der Waals surface area contributed by atoms with Gasteiger partial charge in [-0.3, -0.25) is 9.59 Å². The fourth-order valence-corrected chi connectivity index (χ4v) is 1.81. The Morgan fingerprint density at radius 1 is 1.30 bits per heavy atom. The van der Waals surface area contributed by atoms with E-state index in [1.807, 2.05) is 0 Å². The molecule has 0 heterocycles. The Bertz CT molecular complexity index is 503. The van der Waals surface area contributed by atoms with Crippen molar-refractivity contribution in [2.75, 3.05) is 6.54 Å². The standard InChI is InChI=1S/C14H17F2NO3/c1-9(2)17(7-3-4-13(18)19)14(20)11-8-10(15)5-6-12(11)16/h5-6,8-9H,3-4,7H2,1-2H3,(H,18,19). The van der Waals surface area contributed by atoms with Crippen molar-refractivity contribution in [2.45, 2.75) is 32.7 Å². The minimum Gasteiger partial charge on any atom is -0.481 e. The maximum atomic E-state index is 13.6. The van der Waals surface area contributed by atoms with Crippen LogP contribution in [0.2, 0.25) is 0 Å². The van der Waals surface area contributed by atoms with Crippen molar-refractivity contribution >= 4 is 11.9 Å². The Kier molecular flexibility index (Phi) is 5.61. The molecule has 0 aliphatic heterocycles. The second-order valence-corrected chi connectivity index (χ2v) is 4.71. The molecule has 1 aromatic rings. The van der Waals surface area contributed by atoms with Crippen LogP contribution < -0.4 is 0 Å². The maximum Gasteiger partial charge on any atom is 0.303 e. The normalized spacial score (nSPS) is 10.7. The average molecular weight is 285 g/mol. The van der Waals surface area contributed by atoms with Gasteiger partial charge in [-0.05, 0) is 38.5 Å². The van der Waals surface area contributed by atoms with Crippen LogP contribution in [0.15, 0.2) is 18.2 Å². The third-order valence-corrected chi connectivity index (χ3v) is 2.83. The van der Waals surface area contributed by atoms with Gasteiger partial charge in [0, 0.05) is 19.0 Å². The summed E-state index contributed by atoms with van der Waals surface area (Å²) in [4.78, 5) is 24.0. The van der Waals surface area contributed by atoms with Crippen LogP contribution >= 0.6 is 0 Å². The first-order valence-corrected chi connectivity index (χ1v) is 6.30. The van der Waals surface area contributed by atoms with Crippen molar-refractivity contribution in [3.8, 4) is 0 Å². The predicted octanol–water partition coefficient (Wildman–Crippen LogP) is 2.68. The van der Waals surface area contributed by atoms with Crippen LogP contribution in [0.3, 0.4) is 0 Å². The van der Waals surface area contributed by atoms with Gasteiger partial charge >= 0.3 is 5.97 Å². The molecule has 0 spiro atoms. The summed E-state index contributed by atoms with van der Waals surface area (Å²) < 4.78 is 26.7. The summed E-state index contributed by atoms with van der Waals surface area (Å²) in [5.74, 6) is -3.08. The van der Waals surface area contributed by atoms with Gasteiger partial charge in [0.25, 0.3) is 5.91 Å². The van der Waals surface area contributed by atoms with E-state index >= 15 is 0 Å². The first-order valence-electron chi connectivity index (χ1n) is 6.30. The Hall–Kier alpha value is -1.98. The molecule has 0 aromatic heterocycles. The molecule has 0 aliphatic carbocycles. The Morgan fingerprint density at radius 2 is 1.95 bits per heavy atom. The van der Waals surface area contributed by atoms with E-state index < -0.39 is 23.5 Å². The van der Waals surface area contributed by atoms with E-state index in [9.17, 15) is 18.4 Å². The van der Waals surface area contributed by atoms with Gasteiger partial charge in [-0.2, -0.15) is 0 Å². The zero-order valence-electron chi connectivity index (χ0n) is 11.4. The molecule has 0 unspecified atom stereocenters. The van der Waals surface area contributed by atoms with Gasteiger partial charge in [0.15, 0.2) is 0 Å². The lowest BCUT2D eigenvalue weighted by Crippen LogP contribution is -2.38. The van der Waals surface area contributed by atoms with Crippen molar-refractivity contribution in [3.05, 3.63) is 35.4 Å². The number of halogens is 2. The average Bonchev–Trinajstić information content (AvgIpc) is 2.36. The lowest BCUT2D eigenvalue weighted by atomic mass is 10.1. The number of carbonyl (C=O) groups is 2. The van der Waals surface area contributed by atoms with Gasteiger partial charge in [-0.1, -0.05) is 0 Å². The van der Waals surface area contributed by atoms with E-state index in [4.69, 9.17) is 5.11 Å². The molecule has 0 fully saturated rings.